The molecule has 6 unspecified atom stereocenters. The number of esters is 1. The Morgan fingerprint density at radius 3 is 2.47 bits per heavy atom. The smallest absolute Gasteiger partial charge is 0.338 e. The van der Waals surface area contributed by atoms with Gasteiger partial charge in [0, 0.05) is 18.4 Å². The van der Waals surface area contributed by atoms with Crippen LogP contribution in [-0.4, -0.2) is 57.5 Å². The molecule has 0 aromatic heterocycles. The second-order valence-corrected chi connectivity index (χ2v) is 7.81. The maximum absolute atomic E-state index is 12.9. The molecule has 0 radical (unpaired) electrons. The van der Waals surface area contributed by atoms with Crippen LogP contribution in [0.2, 0.25) is 0 Å². The lowest BCUT2D eigenvalue weighted by Gasteiger charge is -2.38. The van der Waals surface area contributed by atoms with Gasteiger partial charge >= 0.3 is 11.9 Å². The second-order valence-electron chi connectivity index (χ2n) is 7.81. The van der Waals surface area contributed by atoms with Crippen molar-refractivity contribution in [3.63, 3.8) is 0 Å². The van der Waals surface area contributed by atoms with Gasteiger partial charge in [-0.2, -0.15) is 0 Å². The summed E-state index contributed by atoms with van der Waals surface area (Å²) in [5.41, 5.74) is 0.149. The number of carbonyl (C=O) groups is 3. The Bertz CT molecular complexity index is 821. The van der Waals surface area contributed by atoms with Gasteiger partial charge in [-0.3, -0.25) is 4.79 Å². The Kier molecular flexibility index (Phi) is 6.89. The molecule has 0 bridgehead atoms. The third kappa shape index (κ3) is 4.71. The maximum atomic E-state index is 12.9. The molecule has 3 aliphatic rings. The summed E-state index contributed by atoms with van der Waals surface area (Å²) in [6, 6.07) is 0. The summed E-state index contributed by atoms with van der Waals surface area (Å²) < 4.78 is 11.4. The van der Waals surface area contributed by atoms with E-state index < -0.39 is 42.1 Å². The van der Waals surface area contributed by atoms with Crippen LogP contribution in [0.15, 0.2) is 47.8 Å². The molecule has 3 N–H and O–H groups in total. The summed E-state index contributed by atoms with van der Waals surface area (Å²) >= 11 is 0. The molecule has 6 atom stereocenters. The van der Waals surface area contributed by atoms with E-state index in [4.69, 9.17) is 14.6 Å². The van der Waals surface area contributed by atoms with Gasteiger partial charge in [-0.25, -0.2) is 9.59 Å². The topological polar surface area (TPSA) is 130 Å². The number of carbonyl (C=O) groups excluding carboxylic acids is 2. The number of hydrogen-bond acceptors (Lipinski definition) is 7. The van der Waals surface area contributed by atoms with E-state index in [0.29, 0.717) is 19.3 Å². The number of aliphatic hydroxyl groups is 2. The van der Waals surface area contributed by atoms with Gasteiger partial charge in [0.25, 0.3) is 0 Å². The molecule has 0 aromatic carbocycles. The molecule has 2 aliphatic heterocycles. The average molecular weight is 418 g/mol. The molecule has 0 spiro atoms. The molecule has 1 aliphatic carbocycles. The summed E-state index contributed by atoms with van der Waals surface area (Å²) in [6.45, 7) is 1.77. The quantitative estimate of drug-likeness (QED) is 0.355. The van der Waals surface area contributed by atoms with E-state index in [1.807, 2.05) is 0 Å². The fraction of sp³-hybridized carbons (Fsp3) is 0.500. The highest BCUT2D eigenvalue weighted by molar-refractivity contribution is 5.94. The minimum atomic E-state index is -1.09. The zero-order valence-electron chi connectivity index (χ0n) is 16.6. The zero-order valence-corrected chi connectivity index (χ0v) is 16.6. The van der Waals surface area contributed by atoms with Crippen molar-refractivity contribution in [2.24, 2.45) is 11.8 Å². The number of aliphatic hydroxyl groups excluding tert-OH is 2. The van der Waals surface area contributed by atoms with Crippen LogP contribution in [0.1, 0.15) is 32.6 Å². The van der Waals surface area contributed by atoms with Gasteiger partial charge in [0.2, 0.25) is 0 Å². The van der Waals surface area contributed by atoms with Gasteiger partial charge in [0.15, 0.2) is 0 Å². The summed E-state index contributed by atoms with van der Waals surface area (Å²) in [7, 11) is 0. The van der Waals surface area contributed by atoms with Gasteiger partial charge in [-0.15, -0.1) is 0 Å². The van der Waals surface area contributed by atoms with Crippen LogP contribution >= 0.6 is 0 Å². The molecule has 1 saturated carbocycles. The number of cyclic esters (lactones) is 1. The summed E-state index contributed by atoms with van der Waals surface area (Å²) in [4.78, 5) is 36.1. The first-order chi connectivity index (χ1) is 14.3. The Labute approximate surface area is 174 Å². The lowest BCUT2D eigenvalue weighted by molar-refractivity contribution is -0.150. The fourth-order valence-corrected chi connectivity index (χ4v) is 4.30. The van der Waals surface area contributed by atoms with Crippen molar-refractivity contribution in [1.29, 1.82) is 0 Å². The Balaban J connectivity index is 1.97. The lowest BCUT2D eigenvalue weighted by Crippen LogP contribution is -2.51. The van der Waals surface area contributed by atoms with Crippen LogP contribution in [0, 0.1) is 11.8 Å². The SMILES string of the molecule is CC1CCCC(O)C2C(=O)CC(O)C3OC(C=CC=CC=CC(=O)O)=C(C(=O)O1)C32. The predicted octanol–water partition coefficient (Wildman–Crippen LogP) is 1.44. The van der Waals surface area contributed by atoms with Crippen LogP contribution in [0.5, 0.6) is 0 Å². The Morgan fingerprint density at radius 1 is 1.00 bits per heavy atom. The molecule has 3 rings (SSSR count). The van der Waals surface area contributed by atoms with E-state index in [9.17, 15) is 24.6 Å². The number of hydrogen-bond donors (Lipinski definition) is 3. The number of ketones is 1. The number of carboxylic acids is 1. The normalized spacial score (nSPS) is 35.0. The van der Waals surface area contributed by atoms with Crippen molar-refractivity contribution < 1.29 is 39.2 Å². The maximum Gasteiger partial charge on any atom is 0.338 e. The number of rotatable bonds is 4. The van der Waals surface area contributed by atoms with Crippen molar-refractivity contribution >= 4 is 17.7 Å². The van der Waals surface area contributed by atoms with Crippen molar-refractivity contribution in [1.82, 2.24) is 0 Å². The zero-order chi connectivity index (χ0) is 21.8. The predicted molar refractivity (Wildman–Crippen MR) is 105 cm³/mol. The van der Waals surface area contributed by atoms with Crippen molar-refractivity contribution in [2.75, 3.05) is 0 Å². The lowest BCUT2D eigenvalue weighted by atomic mass is 9.69. The highest BCUT2D eigenvalue weighted by atomic mass is 16.5. The second kappa shape index (κ2) is 9.40. The van der Waals surface area contributed by atoms with Crippen molar-refractivity contribution in [2.45, 2.75) is 57.0 Å². The summed E-state index contributed by atoms with van der Waals surface area (Å²) in [6.07, 6.45) is 6.67. The molecule has 8 heteroatoms. The van der Waals surface area contributed by atoms with Crippen molar-refractivity contribution in [3.8, 4) is 0 Å². The largest absolute Gasteiger partial charge is 0.486 e. The van der Waals surface area contributed by atoms with Crippen LogP contribution in [-0.2, 0) is 23.9 Å². The number of ether oxygens (including phenoxy) is 2. The molecule has 0 aromatic rings. The van der Waals surface area contributed by atoms with Gasteiger partial charge in [0.1, 0.15) is 17.6 Å². The van der Waals surface area contributed by atoms with Gasteiger partial charge in [0.05, 0.1) is 29.8 Å². The summed E-state index contributed by atoms with van der Waals surface area (Å²) in [5, 5.41) is 29.7. The highest BCUT2D eigenvalue weighted by Gasteiger charge is 2.55. The van der Waals surface area contributed by atoms with E-state index in [2.05, 4.69) is 0 Å². The number of aliphatic carboxylic acids is 1. The fourth-order valence-electron chi connectivity index (χ4n) is 4.30. The molecule has 2 heterocycles. The molecule has 0 amide bonds. The molecule has 8 nitrogen and oxygen atoms in total. The summed E-state index contributed by atoms with van der Waals surface area (Å²) in [5.74, 6) is -3.43. The van der Waals surface area contributed by atoms with Gasteiger partial charge < -0.3 is 24.8 Å². The standard InChI is InChI=1S/C22H26O8/c1-12-7-6-8-13(23)18-14(24)11-15(25)21-20(18)19(22(28)29-12)16(30-21)9-4-2-3-5-10-17(26)27/h2-5,9-10,12-13,15,18,20-21,23,25H,6-8,11H2,1H3,(H,26,27). The monoisotopic (exact) mass is 418 g/mol. The molecular weight excluding hydrogens is 392 g/mol. The molecule has 30 heavy (non-hydrogen) atoms. The van der Waals surface area contributed by atoms with Crippen LogP contribution in [0.25, 0.3) is 0 Å². The number of Topliss-reactive ketones (excluding diaryl/α,β-unsaturated/α-hetero) is 1. The molecule has 2 fully saturated rings. The minimum absolute atomic E-state index is 0.140. The number of carboxylic acid groups (broad SMARTS) is 1. The van der Waals surface area contributed by atoms with E-state index in [0.717, 1.165) is 6.08 Å². The van der Waals surface area contributed by atoms with Gasteiger partial charge in [-0.05, 0) is 32.3 Å². The minimum Gasteiger partial charge on any atom is -0.486 e. The number of allylic oxidation sites excluding steroid dienone is 5. The Hall–Kier alpha value is -2.71. The third-order valence-electron chi connectivity index (χ3n) is 5.64. The van der Waals surface area contributed by atoms with Crippen LogP contribution < -0.4 is 0 Å². The van der Waals surface area contributed by atoms with E-state index in [1.165, 1.54) is 18.2 Å². The Morgan fingerprint density at radius 2 is 1.73 bits per heavy atom. The van der Waals surface area contributed by atoms with E-state index in [-0.39, 0.29) is 29.6 Å². The van der Waals surface area contributed by atoms with Crippen molar-refractivity contribution in [3.05, 3.63) is 47.8 Å². The first-order valence-corrected chi connectivity index (χ1v) is 10.0. The first kappa shape index (κ1) is 22.0. The first-order valence-electron chi connectivity index (χ1n) is 10.0. The van der Waals surface area contributed by atoms with Crippen LogP contribution in [0.4, 0.5) is 0 Å². The van der Waals surface area contributed by atoms with Gasteiger partial charge in [-0.1, -0.05) is 24.3 Å². The molecule has 1 saturated heterocycles. The highest BCUT2D eigenvalue weighted by Crippen LogP contribution is 2.46. The molecular formula is C22H26O8. The average Bonchev–Trinajstić information content (AvgIpc) is 3.03. The molecule has 162 valence electrons. The van der Waals surface area contributed by atoms with Crippen LogP contribution in [0.3, 0.4) is 0 Å². The van der Waals surface area contributed by atoms with E-state index in [1.54, 1.807) is 19.1 Å². The third-order valence-corrected chi connectivity index (χ3v) is 5.64. The van der Waals surface area contributed by atoms with E-state index >= 15 is 0 Å².